The van der Waals surface area contributed by atoms with Crippen molar-refractivity contribution in [2.45, 2.75) is 0 Å². The first-order valence-electron chi connectivity index (χ1n) is 2.83. The lowest BCUT2D eigenvalue weighted by Crippen LogP contribution is -2.00. The van der Waals surface area contributed by atoms with Gasteiger partial charge >= 0.3 is 5.97 Å². The van der Waals surface area contributed by atoms with Gasteiger partial charge in [0.1, 0.15) is 0 Å². The van der Waals surface area contributed by atoms with Gasteiger partial charge < -0.3 is 10.2 Å². The molecular formula is C7H9NO3. The van der Waals surface area contributed by atoms with Crippen molar-refractivity contribution in [3.8, 4) is 0 Å². The number of hydrogen-bond acceptors (Lipinski definition) is 3. The van der Waals surface area contributed by atoms with E-state index >= 15 is 0 Å². The van der Waals surface area contributed by atoms with Crippen molar-refractivity contribution in [1.82, 2.24) is 4.98 Å². The molecule has 1 rings (SSSR count). The molecule has 0 bridgehead atoms. The number of carbonyl (C=O) groups is 1. The van der Waals surface area contributed by atoms with Crippen molar-refractivity contribution >= 4 is 5.97 Å². The molecule has 0 aliphatic carbocycles. The van der Waals surface area contributed by atoms with E-state index in [2.05, 4.69) is 9.72 Å². The molecule has 0 aliphatic heterocycles. The molecule has 0 aromatic carbocycles. The lowest BCUT2D eigenvalue weighted by atomic mass is 10.3. The summed E-state index contributed by atoms with van der Waals surface area (Å²) in [5.41, 5.74) is 0.477. The zero-order chi connectivity index (χ0) is 7.40. The van der Waals surface area contributed by atoms with Gasteiger partial charge in [0.05, 0.1) is 12.7 Å². The van der Waals surface area contributed by atoms with Crippen molar-refractivity contribution in [1.29, 1.82) is 0 Å². The number of nitrogens with zero attached hydrogens (tertiary/aromatic N) is 1. The zero-order valence-electron chi connectivity index (χ0n) is 6.07. The molecule has 0 radical (unpaired) electrons. The van der Waals surface area contributed by atoms with Gasteiger partial charge in [0.15, 0.2) is 0 Å². The minimum atomic E-state index is -0.354. The lowest BCUT2D eigenvalue weighted by Gasteiger charge is -1.94. The van der Waals surface area contributed by atoms with Gasteiger partial charge in [0, 0.05) is 12.4 Å². The Bertz CT molecular complexity index is 222. The first kappa shape index (κ1) is 9.58. The molecule has 1 aromatic heterocycles. The highest BCUT2D eigenvalue weighted by Crippen LogP contribution is 1.96. The Labute approximate surface area is 64.1 Å². The van der Waals surface area contributed by atoms with E-state index < -0.39 is 0 Å². The topological polar surface area (TPSA) is 70.7 Å². The van der Waals surface area contributed by atoms with E-state index in [9.17, 15) is 4.79 Å². The molecule has 1 aromatic rings. The van der Waals surface area contributed by atoms with E-state index in [0.29, 0.717) is 5.56 Å². The Kier molecular flexibility index (Phi) is 3.84. The Hall–Kier alpha value is -1.42. The smallest absolute Gasteiger partial charge is 0.339 e. The van der Waals surface area contributed by atoms with E-state index in [4.69, 9.17) is 0 Å². The second kappa shape index (κ2) is 4.40. The van der Waals surface area contributed by atoms with Crippen LogP contribution >= 0.6 is 0 Å². The maximum atomic E-state index is 10.8. The Morgan fingerprint density at radius 1 is 1.64 bits per heavy atom. The number of esters is 1. The predicted octanol–water partition coefficient (Wildman–Crippen LogP) is 0.0435. The highest BCUT2D eigenvalue weighted by atomic mass is 16.5. The largest absolute Gasteiger partial charge is 0.465 e. The summed E-state index contributed by atoms with van der Waals surface area (Å²) in [5, 5.41) is 0. The first-order chi connectivity index (χ1) is 4.84. The van der Waals surface area contributed by atoms with E-state index in [0.717, 1.165) is 0 Å². The van der Waals surface area contributed by atoms with Gasteiger partial charge in [-0.1, -0.05) is 0 Å². The molecule has 0 unspecified atom stereocenters. The second-order valence-electron chi connectivity index (χ2n) is 1.73. The van der Waals surface area contributed by atoms with Crippen molar-refractivity contribution in [2.75, 3.05) is 7.11 Å². The summed E-state index contributed by atoms with van der Waals surface area (Å²) in [4.78, 5) is 14.5. The molecule has 11 heavy (non-hydrogen) atoms. The number of aromatic nitrogens is 1. The Balaban J connectivity index is 0.000001000. The van der Waals surface area contributed by atoms with Gasteiger partial charge in [-0.3, -0.25) is 4.98 Å². The van der Waals surface area contributed by atoms with Crippen LogP contribution in [0.25, 0.3) is 0 Å². The molecule has 0 saturated carbocycles. The Morgan fingerprint density at radius 3 is 2.82 bits per heavy atom. The average molecular weight is 155 g/mol. The van der Waals surface area contributed by atoms with Crippen LogP contribution in [0.2, 0.25) is 0 Å². The molecular weight excluding hydrogens is 146 g/mol. The maximum absolute atomic E-state index is 10.8. The molecule has 0 saturated heterocycles. The van der Waals surface area contributed by atoms with Gasteiger partial charge in [-0.15, -0.1) is 0 Å². The van der Waals surface area contributed by atoms with E-state index in [1.807, 2.05) is 0 Å². The fourth-order valence-electron chi connectivity index (χ4n) is 0.601. The second-order valence-corrected chi connectivity index (χ2v) is 1.73. The monoisotopic (exact) mass is 155 g/mol. The summed E-state index contributed by atoms with van der Waals surface area (Å²) in [6.45, 7) is 0. The minimum absolute atomic E-state index is 0. The molecule has 0 atom stereocenters. The highest BCUT2D eigenvalue weighted by molar-refractivity contribution is 5.88. The van der Waals surface area contributed by atoms with E-state index in [1.54, 1.807) is 18.3 Å². The number of rotatable bonds is 1. The molecule has 1 heterocycles. The molecule has 60 valence electrons. The zero-order valence-corrected chi connectivity index (χ0v) is 6.07. The highest BCUT2D eigenvalue weighted by Gasteiger charge is 2.01. The summed E-state index contributed by atoms with van der Waals surface area (Å²) in [7, 11) is 1.34. The van der Waals surface area contributed by atoms with Crippen LogP contribution in [0.4, 0.5) is 0 Å². The van der Waals surface area contributed by atoms with Gasteiger partial charge in [0.2, 0.25) is 0 Å². The number of methoxy groups -OCH3 is 1. The number of pyridine rings is 1. The van der Waals surface area contributed by atoms with Crippen molar-refractivity contribution in [3.05, 3.63) is 30.1 Å². The van der Waals surface area contributed by atoms with Crippen LogP contribution in [0.5, 0.6) is 0 Å². The summed E-state index contributed by atoms with van der Waals surface area (Å²) in [6.07, 6.45) is 3.07. The number of ether oxygens (including phenoxy) is 1. The van der Waals surface area contributed by atoms with Crippen LogP contribution in [0, 0.1) is 0 Å². The molecule has 4 heteroatoms. The number of hydrogen-bond donors (Lipinski definition) is 0. The molecule has 0 spiro atoms. The third-order valence-corrected chi connectivity index (χ3v) is 1.08. The van der Waals surface area contributed by atoms with Crippen LogP contribution in [0.3, 0.4) is 0 Å². The van der Waals surface area contributed by atoms with Crippen molar-refractivity contribution in [3.63, 3.8) is 0 Å². The first-order valence-corrected chi connectivity index (χ1v) is 2.83. The van der Waals surface area contributed by atoms with Crippen molar-refractivity contribution in [2.24, 2.45) is 0 Å². The third-order valence-electron chi connectivity index (χ3n) is 1.08. The average Bonchev–Trinajstić information content (AvgIpc) is 2.05. The maximum Gasteiger partial charge on any atom is 0.339 e. The van der Waals surface area contributed by atoms with E-state index in [1.165, 1.54) is 13.3 Å². The minimum Gasteiger partial charge on any atom is -0.465 e. The molecule has 0 aliphatic rings. The normalized spacial score (nSPS) is 8.09. The SMILES string of the molecule is COC(=O)c1cccnc1.O. The summed E-state index contributed by atoms with van der Waals surface area (Å²) >= 11 is 0. The molecule has 0 fully saturated rings. The van der Waals surface area contributed by atoms with Gasteiger partial charge in [0.25, 0.3) is 0 Å². The lowest BCUT2D eigenvalue weighted by molar-refractivity contribution is 0.0600. The third kappa shape index (κ3) is 2.35. The summed E-state index contributed by atoms with van der Waals surface area (Å²) in [5.74, 6) is -0.354. The summed E-state index contributed by atoms with van der Waals surface area (Å²) < 4.78 is 4.46. The van der Waals surface area contributed by atoms with Crippen molar-refractivity contribution < 1.29 is 15.0 Å². The molecule has 0 amide bonds. The fraction of sp³-hybridized carbons (Fsp3) is 0.143. The molecule has 2 N–H and O–H groups in total. The van der Waals surface area contributed by atoms with Crippen LogP contribution in [-0.4, -0.2) is 23.5 Å². The molecule has 4 nitrogen and oxygen atoms in total. The van der Waals surface area contributed by atoms with E-state index in [-0.39, 0.29) is 11.4 Å². The predicted molar refractivity (Wildman–Crippen MR) is 39.2 cm³/mol. The fourth-order valence-corrected chi connectivity index (χ4v) is 0.601. The van der Waals surface area contributed by atoms with Crippen LogP contribution in [-0.2, 0) is 4.74 Å². The van der Waals surface area contributed by atoms with Gasteiger partial charge in [-0.05, 0) is 12.1 Å². The Morgan fingerprint density at radius 2 is 2.36 bits per heavy atom. The quantitative estimate of drug-likeness (QED) is 0.537. The van der Waals surface area contributed by atoms with Gasteiger partial charge in [-0.25, -0.2) is 4.79 Å². The standard InChI is InChI=1S/C7H7NO2.H2O/c1-10-7(9)6-3-2-4-8-5-6;/h2-5H,1H3;1H2. The summed E-state index contributed by atoms with van der Waals surface area (Å²) in [6, 6.07) is 3.34. The number of carbonyl (C=O) groups excluding carboxylic acids is 1. The van der Waals surface area contributed by atoms with Crippen LogP contribution in [0.15, 0.2) is 24.5 Å². The van der Waals surface area contributed by atoms with Crippen LogP contribution < -0.4 is 0 Å². The van der Waals surface area contributed by atoms with Crippen LogP contribution in [0.1, 0.15) is 10.4 Å². The van der Waals surface area contributed by atoms with Gasteiger partial charge in [-0.2, -0.15) is 0 Å².